The van der Waals surface area contributed by atoms with Crippen molar-refractivity contribution >= 4 is 23.5 Å². The van der Waals surface area contributed by atoms with E-state index >= 15 is 0 Å². The average molecular weight is 363 g/mol. The zero-order valence-electron chi connectivity index (χ0n) is 13.8. The smallest absolute Gasteiger partial charge is 0.225 e. The van der Waals surface area contributed by atoms with Gasteiger partial charge in [0.1, 0.15) is 5.82 Å². The standard InChI is InChI=1S/C18H20ClFN4O/c19-15-11-13(3-5-16(15)20)4-6-17(25)22-12-14-7-8-21-18(23-14)24-9-1-2-10-24/h3,5,7-8,11H,1-2,4,6,9-10,12H2,(H,22,25). The number of hydrogen-bond acceptors (Lipinski definition) is 4. The first-order chi connectivity index (χ1) is 12.1. The lowest BCUT2D eigenvalue weighted by molar-refractivity contribution is -0.121. The maximum atomic E-state index is 13.1. The maximum Gasteiger partial charge on any atom is 0.225 e. The number of amides is 1. The topological polar surface area (TPSA) is 58.1 Å². The number of aryl methyl sites for hydroxylation is 1. The van der Waals surface area contributed by atoms with E-state index in [1.807, 2.05) is 0 Å². The highest BCUT2D eigenvalue weighted by atomic mass is 35.5. The predicted molar refractivity (Wildman–Crippen MR) is 95.1 cm³/mol. The number of hydrogen-bond donors (Lipinski definition) is 1. The zero-order valence-corrected chi connectivity index (χ0v) is 14.6. The molecule has 0 unspecified atom stereocenters. The molecule has 25 heavy (non-hydrogen) atoms. The summed E-state index contributed by atoms with van der Waals surface area (Å²) in [5, 5.41) is 2.94. The van der Waals surface area contributed by atoms with Gasteiger partial charge in [-0.1, -0.05) is 17.7 Å². The second kappa shape index (κ2) is 8.25. The summed E-state index contributed by atoms with van der Waals surface area (Å²) in [5.41, 5.74) is 1.62. The van der Waals surface area contributed by atoms with Crippen molar-refractivity contribution < 1.29 is 9.18 Å². The highest BCUT2D eigenvalue weighted by molar-refractivity contribution is 6.30. The molecule has 1 aliphatic rings. The minimum atomic E-state index is -0.451. The third-order valence-corrected chi connectivity index (χ3v) is 4.47. The lowest BCUT2D eigenvalue weighted by Crippen LogP contribution is -2.25. The minimum Gasteiger partial charge on any atom is -0.350 e. The average Bonchev–Trinajstić information content (AvgIpc) is 3.16. The Morgan fingerprint density at radius 2 is 2.08 bits per heavy atom. The van der Waals surface area contributed by atoms with Gasteiger partial charge >= 0.3 is 0 Å². The van der Waals surface area contributed by atoms with Crippen LogP contribution >= 0.6 is 11.6 Å². The van der Waals surface area contributed by atoms with Gasteiger partial charge in [-0.25, -0.2) is 14.4 Å². The molecule has 0 aliphatic carbocycles. The monoisotopic (exact) mass is 362 g/mol. The molecule has 3 rings (SSSR count). The fourth-order valence-electron chi connectivity index (χ4n) is 2.78. The number of carbonyl (C=O) groups excluding carboxylic acids is 1. The number of anilines is 1. The van der Waals surface area contributed by atoms with Gasteiger partial charge in [-0.3, -0.25) is 4.79 Å². The van der Waals surface area contributed by atoms with Crippen LogP contribution in [0.3, 0.4) is 0 Å². The molecule has 0 saturated carbocycles. The van der Waals surface area contributed by atoms with Gasteiger partial charge in [0, 0.05) is 25.7 Å². The lowest BCUT2D eigenvalue weighted by Gasteiger charge is -2.15. The highest BCUT2D eigenvalue weighted by Gasteiger charge is 2.15. The molecule has 0 atom stereocenters. The van der Waals surface area contributed by atoms with E-state index in [1.54, 1.807) is 24.4 Å². The van der Waals surface area contributed by atoms with Gasteiger partial charge in [-0.2, -0.15) is 0 Å². The maximum absolute atomic E-state index is 13.1. The Hall–Kier alpha value is -2.21. The summed E-state index contributed by atoms with van der Waals surface area (Å²) in [5.74, 6) is 0.194. The van der Waals surface area contributed by atoms with Gasteiger partial charge in [0.05, 0.1) is 17.3 Å². The van der Waals surface area contributed by atoms with Gasteiger partial charge in [-0.05, 0) is 43.0 Å². The third kappa shape index (κ3) is 4.89. The molecule has 0 spiro atoms. The van der Waals surface area contributed by atoms with Crippen LogP contribution in [0.2, 0.25) is 5.02 Å². The molecule has 1 N–H and O–H groups in total. The van der Waals surface area contributed by atoms with Crippen LogP contribution in [0.1, 0.15) is 30.5 Å². The quantitative estimate of drug-likeness (QED) is 0.857. The van der Waals surface area contributed by atoms with E-state index in [0.29, 0.717) is 19.4 Å². The first-order valence-electron chi connectivity index (χ1n) is 8.39. The predicted octanol–water partition coefficient (Wildman–Crippen LogP) is 3.12. The van der Waals surface area contributed by atoms with Crippen molar-refractivity contribution in [2.24, 2.45) is 0 Å². The number of halogens is 2. The van der Waals surface area contributed by atoms with E-state index < -0.39 is 5.82 Å². The van der Waals surface area contributed by atoms with Crippen molar-refractivity contribution in [3.05, 3.63) is 52.6 Å². The minimum absolute atomic E-state index is 0.0772. The van der Waals surface area contributed by atoms with Crippen LogP contribution in [0, 0.1) is 5.82 Å². The van der Waals surface area contributed by atoms with Crippen molar-refractivity contribution in [3.8, 4) is 0 Å². The second-order valence-electron chi connectivity index (χ2n) is 6.07. The molecule has 1 saturated heterocycles. The molecule has 1 aromatic carbocycles. The van der Waals surface area contributed by atoms with E-state index in [9.17, 15) is 9.18 Å². The number of nitrogens with zero attached hydrogens (tertiary/aromatic N) is 3. The van der Waals surface area contributed by atoms with Crippen LogP contribution in [0.4, 0.5) is 10.3 Å². The summed E-state index contributed by atoms with van der Waals surface area (Å²) < 4.78 is 13.1. The van der Waals surface area contributed by atoms with Gasteiger partial charge in [0.15, 0.2) is 0 Å². The zero-order chi connectivity index (χ0) is 17.6. The number of nitrogens with one attached hydrogen (secondary N) is 1. The SMILES string of the molecule is O=C(CCc1ccc(F)c(Cl)c1)NCc1ccnc(N2CCCC2)n1. The van der Waals surface area contributed by atoms with E-state index in [0.717, 1.165) is 43.1 Å². The van der Waals surface area contributed by atoms with Crippen LogP contribution in [0.25, 0.3) is 0 Å². The van der Waals surface area contributed by atoms with Gasteiger partial charge in [0.2, 0.25) is 11.9 Å². The number of aromatic nitrogens is 2. The number of carbonyl (C=O) groups is 1. The van der Waals surface area contributed by atoms with Crippen molar-refractivity contribution in [3.63, 3.8) is 0 Å². The Morgan fingerprint density at radius 1 is 1.28 bits per heavy atom. The molecule has 0 radical (unpaired) electrons. The molecular weight excluding hydrogens is 343 g/mol. The van der Waals surface area contributed by atoms with Gasteiger partial charge in [-0.15, -0.1) is 0 Å². The summed E-state index contributed by atoms with van der Waals surface area (Å²) >= 11 is 5.75. The lowest BCUT2D eigenvalue weighted by atomic mass is 10.1. The summed E-state index contributed by atoms with van der Waals surface area (Å²) in [4.78, 5) is 23.0. The van der Waals surface area contributed by atoms with E-state index in [4.69, 9.17) is 11.6 Å². The molecule has 1 fully saturated rings. The summed E-state index contributed by atoms with van der Waals surface area (Å²) in [6.07, 6.45) is 4.87. The molecule has 0 bridgehead atoms. The normalized spacial score (nSPS) is 13.9. The van der Waals surface area contributed by atoms with E-state index in [-0.39, 0.29) is 10.9 Å². The van der Waals surface area contributed by atoms with Crippen molar-refractivity contribution in [2.45, 2.75) is 32.2 Å². The number of rotatable bonds is 6. The third-order valence-electron chi connectivity index (χ3n) is 4.18. The van der Waals surface area contributed by atoms with Crippen LogP contribution < -0.4 is 10.2 Å². The van der Waals surface area contributed by atoms with Crippen molar-refractivity contribution in [1.29, 1.82) is 0 Å². The largest absolute Gasteiger partial charge is 0.350 e. The van der Waals surface area contributed by atoms with Crippen LogP contribution in [0.15, 0.2) is 30.5 Å². The van der Waals surface area contributed by atoms with E-state index in [2.05, 4.69) is 20.2 Å². The van der Waals surface area contributed by atoms with Gasteiger partial charge < -0.3 is 10.2 Å². The molecule has 1 aliphatic heterocycles. The summed E-state index contributed by atoms with van der Waals surface area (Å²) in [6.45, 7) is 2.33. The fourth-order valence-corrected chi connectivity index (χ4v) is 2.99. The number of benzene rings is 1. The highest BCUT2D eigenvalue weighted by Crippen LogP contribution is 2.17. The Bertz CT molecular complexity index is 750. The first kappa shape index (κ1) is 17.6. The molecule has 2 aromatic rings. The van der Waals surface area contributed by atoms with Gasteiger partial charge in [0.25, 0.3) is 0 Å². The van der Waals surface area contributed by atoms with Crippen LogP contribution in [0.5, 0.6) is 0 Å². The molecule has 1 aromatic heterocycles. The molecule has 132 valence electrons. The molecule has 2 heterocycles. The fraction of sp³-hybridized carbons (Fsp3) is 0.389. The molecule has 5 nitrogen and oxygen atoms in total. The Balaban J connectivity index is 1.48. The Labute approximate surface area is 151 Å². The van der Waals surface area contributed by atoms with Crippen molar-refractivity contribution in [1.82, 2.24) is 15.3 Å². The second-order valence-corrected chi connectivity index (χ2v) is 6.47. The van der Waals surface area contributed by atoms with Crippen LogP contribution in [-0.4, -0.2) is 29.0 Å². The Kier molecular flexibility index (Phi) is 5.81. The van der Waals surface area contributed by atoms with E-state index in [1.165, 1.54) is 6.07 Å². The summed E-state index contributed by atoms with van der Waals surface area (Å²) in [6, 6.07) is 6.31. The molecular formula is C18H20ClFN4O. The molecule has 7 heteroatoms. The Morgan fingerprint density at radius 3 is 2.84 bits per heavy atom. The first-order valence-corrected chi connectivity index (χ1v) is 8.77. The molecule has 1 amide bonds. The van der Waals surface area contributed by atoms with Crippen LogP contribution in [-0.2, 0) is 17.8 Å². The summed E-state index contributed by atoms with van der Waals surface area (Å²) in [7, 11) is 0. The van der Waals surface area contributed by atoms with Crippen molar-refractivity contribution in [2.75, 3.05) is 18.0 Å².